The van der Waals surface area contributed by atoms with Crippen LogP contribution < -0.4 is 16.4 Å². The summed E-state index contributed by atoms with van der Waals surface area (Å²) in [6.45, 7) is 4.10. The smallest absolute Gasteiger partial charge is 0.321 e. The fourth-order valence-electron chi connectivity index (χ4n) is 1.75. The maximum Gasteiger partial charge on any atom is 0.321 e. The SMILES string of the molecule is C=CCNC(=O)NC(=O)CSc1nnc(CN)n1C1CC1. The molecule has 0 spiro atoms. The molecule has 0 unspecified atom stereocenters. The maximum atomic E-state index is 11.7. The topological polar surface area (TPSA) is 115 Å². The molecule has 1 saturated carbocycles. The highest BCUT2D eigenvalue weighted by Crippen LogP contribution is 2.38. The number of nitrogens with two attached hydrogens (primary N) is 1. The van der Waals surface area contributed by atoms with E-state index in [0.717, 1.165) is 18.7 Å². The van der Waals surface area contributed by atoms with E-state index in [1.165, 1.54) is 17.8 Å². The first-order valence-corrected chi connectivity index (χ1v) is 7.59. The number of nitrogens with zero attached hydrogens (tertiary/aromatic N) is 3. The summed E-state index contributed by atoms with van der Waals surface area (Å²) >= 11 is 1.25. The number of thioether (sulfide) groups is 1. The van der Waals surface area contributed by atoms with Gasteiger partial charge in [-0.2, -0.15) is 0 Å². The zero-order valence-corrected chi connectivity index (χ0v) is 12.4. The van der Waals surface area contributed by atoms with Crippen LogP contribution in [0, 0.1) is 0 Å². The van der Waals surface area contributed by atoms with E-state index in [0.29, 0.717) is 24.3 Å². The second-order valence-corrected chi connectivity index (χ2v) is 5.48. The number of rotatable bonds is 7. The van der Waals surface area contributed by atoms with Gasteiger partial charge in [-0.15, -0.1) is 16.8 Å². The first-order chi connectivity index (χ1) is 10.2. The zero-order valence-electron chi connectivity index (χ0n) is 11.5. The molecule has 4 N–H and O–H groups in total. The molecular formula is C12H18N6O2S. The van der Waals surface area contributed by atoms with Crippen LogP contribution in [0.3, 0.4) is 0 Å². The molecule has 1 heterocycles. The Kier molecular flexibility index (Phi) is 5.34. The van der Waals surface area contributed by atoms with Crippen molar-refractivity contribution in [3.05, 3.63) is 18.5 Å². The lowest BCUT2D eigenvalue weighted by Gasteiger charge is -2.07. The molecule has 0 radical (unpaired) electrons. The molecule has 3 amide bonds. The fourth-order valence-corrected chi connectivity index (χ4v) is 2.57. The highest BCUT2D eigenvalue weighted by Gasteiger charge is 2.29. The zero-order chi connectivity index (χ0) is 15.2. The van der Waals surface area contributed by atoms with Gasteiger partial charge in [-0.25, -0.2) is 4.79 Å². The van der Waals surface area contributed by atoms with Gasteiger partial charge in [0.1, 0.15) is 5.82 Å². The lowest BCUT2D eigenvalue weighted by Crippen LogP contribution is -2.40. The molecule has 1 aromatic heterocycles. The first kappa shape index (κ1) is 15.5. The quantitative estimate of drug-likeness (QED) is 0.489. The molecule has 0 atom stereocenters. The first-order valence-electron chi connectivity index (χ1n) is 6.61. The number of hydrogen-bond acceptors (Lipinski definition) is 6. The Bertz CT molecular complexity index is 540. The lowest BCUT2D eigenvalue weighted by molar-refractivity contribution is -0.117. The van der Waals surface area contributed by atoms with Gasteiger partial charge in [0.2, 0.25) is 5.91 Å². The third-order valence-corrected chi connectivity index (χ3v) is 3.77. The minimum absolute atomic E-state index is 0.0942. The van der Waals surface area contributed by atoms with Crippen LogP contribution in [0.2, 0.25) is 0 Å². The van der Waals surface area contributed by atoms with Crippen molar-refractivity contribution in [2.75, 3.05) is 12.3 Å². The van der Waals surface area contributed by atoms with E-state index in [9.17, 15) is 9.59 Å². The van der Waals surface area contributed by atoms with Gasteiger partial charge in [-0.1, -0.05) is 17.8 Å². The summed E-state index contributed by atoms with van der Waals surface area (Å²) in [5.41, 5.74) is 5.63. The van der Waals surface area contributed by atoms with E-state index in [-0.39, 0.29) is 11.7 Å². The van der Waals surface area contributed by atoms with Crippen LogP contribution in [0.25, 0.3) is 0 Å². The molecule has 0 saturated heterocycles. The summed E-state index contributed by atoms with van der Waals surface area (Å²) in [4.78, 5) is 23.0. The van der Waals surface area contributed by atoms with E-state index in [1.807, 2.05) is 4.57 Å². The van der Waals surface area contributed by atoms with Gasteiger partial charge in [0.25, 0.3) is 0 Å². The maximum absolute atomic E-state index is 11.7. The van der Waals surface area contributed by atoms with Crippen LogP contribution in [-0.4, -0.2) is 39.0 Å². The van der Waals surface area contributed by atoms with Gasteiger partial charge in [0, 0.05) is 12.6 Å². The molecule has 1 aromatic rings. The molecule has 21 heavy (non-hydrogen) atoms. The Labute approximate surface area is 126 Å². The molecule has 9 heteroatoms. The molecule has 114 valence electrons. The minimum atomic E-state index is -0.535. The van der Waals surface area contributed by atoms with Gasteiger partial charge in [0.05, 0.1) is 12.3 Å². The summed E-state index contributed by atoms with van der Waals surface area (Å²) in [6, 6.07) is -0.146. The fraction of sp³-hybridized carbons (Fsp3) is 0.500. The summed E-state index contributed by atoms with van der Waals surface area (Å²) in [5.74, 6) is 0.432. The third-order valence-electron chi connectivity index (χ3n) is 2.82. The Morgan fingerprint density at radius 1 is 1.48 bits per heavy atom. The normalized spacial score (nSPS) is 13.8. The van der Waals surface area contributed by atoms with Crippen molar-refractivity contribution in [1.82, 2.24) is 25.4 Å². The predicted molar refractivity (Wildman–Crippen MR) is 78.6 cm³/mol. The van der Waals surface area contributed by atoms with E-state index < -0.39 is 6.03 Å². The van der Waals surface area contributed by atoms with Crippen LogP contribution in [0.1, 0.15) is 24.7 Å². The number of aromatic nitrogens is 3. The van der Waals surface area contributed by atoms with E-state index in [4.69, 9.17) is 5.73 Å². The van der Waals surface area contributed by atoms with Crippen molar-refractivity contribution in [2.45, 2.75) is 30.6 Å². The van der Waals surface area contributed by atoms with E-state index in [1.54, 1.807) is 0 Å². The third kappa shape index (κ3) is 4.30. The van der Waals surface area contributed by atoms with E-state index >= 15 is 0 Å². The van der Waals surface area contributed by atoms with Crippen LogP contribution in [0.15, 0.2) is 17.8 Å². The van der Waals surface area contributed by atoms with Crippen LogP contribution >= 0.6 is 11.8 Å². The molecule has 1 aliphatic rings. The highest BCUT2D eigenvalue weighted by atomic mass is 32.2. The second kappa shape index (κ2) is 7.23. The molecule has 0 bridgehead atoms. The Morgan fingerprint density at radius 2 is 2.24 bits per heavy atom. The van der Waals surface area contributed by atoms with Crippen molar-refractivity contribution in [3.63, 3.8) is 0 Å². The molecule has 0 aliphatic heterocycles. The minimum Gasteiger partial charge on any atom is -0.334 e. The monoisotopic (exact) mass is 310 g/mol. The summed E-state index contributed by atoms with van der Waals surface area (Å²) in [6.07, 6.45) is 3.69. The molecule has 0 aromatic carbocycles. The van der Waals surface area contributed by atoms with Gasteiger partial charge in [-0.05, 0) is 12.8 Å². The average Bonchev–Trinajstić information content (AvgIpc) is 3.22. The summed E-state index contributed by atoms with van der Waals surface area (Å²) in [5, 5.41) is 13.4. The molecule has 8 nitrogen and oxygen atoms in total. The van der Waals surface area contributed by atoms with Crippen molar-refractivity contribution >= 4 is 23.7 Å². The molecule has 1 aliphatic carbocycles. The van der Waals surface area contributed by atoms with Crippen LogP contribution in [0.4, 0.5) is 4.79 Å². The number of nitrogens with one attached hydrogen (secondary N) is 2. The Balaban J connectivity index is 1.85. The Morgan fingerprint density at radius 3 is 2.86 bits per heavy atom. The van der Waals surface area contributed by atoms with Crippen LogP contribution in [-0.2, 0) is 11.3 Å². The number of urea groups is 1. The average molecular weight is 310 g/mol. The molecule has 2 rings (SSSR count). The standard InChI is InChI=1S/C12H18N6O2S/c1-2-5-14-11(20)15-10(19)7-21-12-17-16-9(6-13)18(12)8-3-4-8/h2,8H,1,3-7,13H2,(H2,14,15,19,20). The molecular weight excluding hydrogens is 292 g/mol. The van der Waals surface area contributed by atoms with Crippen molar-refractivity contribution < 1.29 is 9.59 Å². The van der Waals surface area contributed by atoms with Crippen molar-refractivity contribution in [2.24, 2.45) is 5.73 Å². The number of amides is 3. The van der Waals surface area contributed by atoms with Crippen LogP contribution in [0.5, 0.6) is 0 Å². The summed E-state index contributed by atoms with van der Waals surface area (Å²) in [7, 11) is 0. The highest BCUT2D eigenvalue weighted by molar-refractivity contribution is 7.99. The Hall–Kier alpha value is -1.87. The largest absolute Gasteiger partial charge is 0.334 e. The number of carbonyl (C=O) groups is 2. The van der Waals surface area contributed by atoms with Gasteiger partial charge in [-0.3, -0.25) is 10.1 Å². The lowest BCUT2D eigenvalue weighted by atomic mass is 10.5. The number of hydrogen-bond donors (Lipinski definition) is 3. The predicted octanol–water partition coefficient (Wildman–Crippen LogP) is 0.176. The molecule has 1 fully saturated rings. The van der Waals surface area contributed by atoms with E-state index in [2.05, 4.69) is 27.4 Å². The number of imide groups is 1. The summed E-state index contributed by atoms with van der Waals surface area (Å²) < 4.78 is 1.98. The van der Waals surface area contributed by atoms with Gasteiger partial charge >= 0.3 is 6.03 Å². The van der Waals surface area contributed by atoms with Gasteiger partial charge in [0.15, 0.2) is 5.16 Å². The van der Waals surface area contributed by atoms with Crippen molar-refractivity contribution in [1.29, 1.82) is 0 Å². The van der Waals surface area contributed by atoms with Gasteiger partial charge < -0.3 is 15.6 Å². The van der Waals surface area contributed by atoms with Crippen molar-refractivity contribution in [3.8, 4) is 0 Å². The second-order valence-electron chi connectivity index (χ2n) is 4.54. The number of carbonyl (C=O) groups excluding carboxylic acids is 2.